The summed E-state index contributed by atoms with van der Waals surface area (Å²) in [4.78, 5) is 38.8. The minimum atomic E-state index is 0.00308. The van der Waals surface area contributed by atoms with Crippen molar-refractivity contribution in [3.63, 3.8) is 0 Å². The molecular formula is C36H39N7O3. The molecule has 2 aromatic carbocycles. The van der Waals surface area contributed by atoms with Crippen LogP contribution in [0.5, 0.6) is 5.75 Å². The number of carbonyl (C=O) groups excluding carboxylic acids is 2. The molecule has 2 fully saturated rings. The average Bonchev–Trinajstić information content (AvgIpc) is 3.81. The zero-order chi connectivity index (χ0) is 31.5. The third-order valence-electron chi connectivity index (χ3n) is 10.2. The largest absolute Gasteiger partial charge is 0.494 e. The van der Waals surface area contributed by atoms with Crippen molar-refractivity contribution >= 4 is 39.6 Å². The Morgan fingerprint density at radius 1 is 1.02 bits per heavy atom. The Morgan fingerprint density at radius 2 is 1.87 bits per heavy atom. The third kappa shape index (κ3) is 4.65. The zero-order valence-corrected chi connectivity index (χ0v) is 26.3. The Morgan fingerprint density at radius 3 is 2.67 bits per heavy atom. The summed E-state index contributed by atoms with van der Waals surface area (Å²) in [5.74, 6) is 1.45. The maximum atomic E-state index is 13.8. The molecule has 10 heteroatoms. The first-order valence-electron chi connectivity index (χ1n) is 16.4. The molecule has 2 saturated heterocycles. The van der Waals surface area contributed by atoms with Crippen molar-refractivity contribution in [2.24, 2.45) is 12.8 Å². The molecule has 3 aliphatic rings. The monoisotopic (exact) mass is 617 g/mol. The molecule has 0 radical (unpaired) electrons. The lowest BCUT2D eigenvalue weighted by molar-refractivity contribution is -0.116. The number of nitrogens with zero attached hydrogens (tertiary/aromatic N) is 5. The van der Waals surface area contributed by atoms with Gasteiger partial charge in [-0.1, -0.05) is 31.0 Å². The molecule has 6 heterocycles. The number of aryl methyl sites for hydroxylation is 2. The van der Waals surface area contributed by atoms with Crippen LogP contribution in [0.4, 0.5) is 5.69 Å². The van der Waals surface area contributed by atoms with Gasteiger partial charge in [-0.3, -0.25) is 9.59 Å². The molecule has 0 saturated carbocycles. The Bertz CT molecular complexity index is 2010. The molecule has 2 amide bonds. The topological polar surface area (TPSA) is 120 Å². The maximum Gasteiger partial charge on any atom is 0.254 e. The fourth-order valence-corrected chi connectivity index (χ4v) is 7.95. The smallest absolute Gasteiger partial charge is 0.254 e. The Hall–Kier alpha value is -4.70. The van der Waals surface area contributed by atoms with E-state index in [4.69, 9.17) is 20.4 Å². The van der Waals surface area contributed by atoms with Crippen molar-refractivity contribution in [2.45, 2.75) is 76.0 Å². The van der Waals surface area contributed by atoms with E-state index in [1.54, 1.807) is 7.11 Å². The van der Waals surface area contributed by atoms with Crippen LogP contribution in [0.3, 0.4) is 0 Å². The minimum Gasteiger partial charge on any atom is -0.494 e. The summed E-state index contributed by atoms with van der Waals surface area (Å²) in [6, 6.07) is 18.2. The van der Waals surface area contributed by atoms with Crippen LogP contribution in [-0.2, 0) is 18.4 Å². The Kier molecular flexibility index (Phi) is 7.05. The number of nitrogens with two attached hydrogens (primary N) is 1. The van der Waals surface area contributed by atoms with Crippen LogP contribution < -0.4 is 15.8 Å². The van der Waals surface area contributed by atoms with Crippen molar-refractivity contribution < 1.29 is 14.3 Å². The highest BCUT2D eigenvalue weighted by Crippen LogP contribution is 2.40. The molecule has 0 spiro atoms. The van der Waals surface area contributed by atoms with Gasteiger partial charge < -0.3 is 29.8 Å². The van der Waals surface area contributed by atoms with Crippen LogP contribution >= 0.6 is 0 Å². The molecule has 0 aliphatic carbocycles. The standard InChI is InChI=1S/C36H39N7O3/c1-41-33-28(17-22(19-31(33)46-2)36(45)43-23-13-15-29(43)25(37)20-23)40-35(41)30-18-21-12-14-27-24-9-6-7-10-26(24)38-32(44)11-5-3-4-8-16-42(30)34(21)39-27/h6-7,9-10,12,14,17-19,23,25,29H,3-5,8,11,13,15-16,20,37H2,1-2H3,(H,38,44)/t23-,25+,29+/m0/s1. The molecule has 236 valence electrons. The summed E-state index contributed by atoms with van der Waals surface area (Å²) in [5, 5.41) is 4.13. The summed E-state index contributed by atoms with van der Waals surface area (Å²) in [6.07, 6.45) is 7.12. The number of hydrogen-bond acceptors (Lipinski definition) is 6. The van der Waals surface area contributed by atoms with Gasteiger partial charge in [-0.05, 0) is 68.5 Å². The van der Waals surface area contributed by atoms with E-state index in [1.165, 1.54) is 0 Å². The van der Waals surface area contributed by atoms with Gasteiger partial charge in [-0.15, -0.1) is 0 Å². The Balaban J connectivity index is 1.25. The molecule has 3 atom stereocenters. The van der Waals surface area contributed by atoms with Crippen LogP contribution in [0, 0.1) is 0 Å². The predicted octanol–water partition coefficient (Wildman–Crippen LogP) is 5.87. The normalized spacial score (nSPS) is 21.5. The van der Waals surface area contributed by atoms with Gasteiger partial charge >= 0.3 is 0 Å². The molecule has 3 N–H and O–H groups in total. The summed E-state index contributed by atoms with van der Waals surface area (Å²) in [7, 11) is 3.64. The van der Waals surface area contributed by atoms with Gasteiger partial charge in [-0.25, -0.2) is 9.97 Å². The quantitative estimate of drug-likeness (QED) is 0.261. The number of anilines is 1. The third-order valence-corrected chi connectivity index (χ3v) is 10.2. The number of benzene rings is 2. The first-order chi connectivity index (χ1) is 22.4. The average molecular weight is 618 g/mol. The number of carbonyl (C=O) groups is 2. The fourth-order valence-electron chi connectivity index (χ4n) is 7.95. The van der Waals surface area contributed by atoms with E-state index < -0.39 is 0 Å². The number of ether oxygens (including phenoxy) is 1. The van der Waals surface area contributed by atoms with Crippen molar-refractivity contribution in [3.05, 3.63) is 60.2 Å². The molecule has 0 unspecified atom stereocenters. The van der Waals surface area contributed by atoms with Gasteiger partial charge in [-0.2, -0.15) is 0 Å². The lowest BCUT2D eigenvalue weighted by Gasteiger charge is -2.23. The highest BCUT2D eigenvalue weighted by molar-refractivity contribution is 6.01. The lowest BCUT2D eigenvalue weighted by atomic mass is 9.97. The second-order valence-electron chi connectivity index (χ2n) is 13.0. The van der Waals surface area contributed by atoms with Crippen LogP contribution in [0.1, 0.15) is 61.7 Å². The first kappa shape index (κ1) is 28.8. The van der Waals surface area contributed by atoms with Gasteiger partial charge in [0.25, 0.3) is 5.91 Å². The van der Waals surface area contributed by atoms with E-state index in [-0.39, 0.29) is 29.9 Å². The number of fused-ring (bicyclic) bond motifs is 6. The summed E-state index contributed by atoms with van der Waals surface area (Å²) in [6.45, 7) is 0.769. The minimum absolute atomic E-state index is 0.00308. The van der Waals surface area contributed by atoms with Crippen molar-refractivity contribution in [1.82, 2.24) is 24.0 Å². The SMILES string of the molecule is COc1cc(C(=O)N2[C@H]3CC[C@@H]2[C@H](N)C3)cc2nc(-c3cc4ccc5nc4n3CCCCCCC(=O)Nc3ccccc3-5)n(C)c12. The number of amides is 2. The Labute approximate surface area is 267 Å². The lowest BCUT2D eigenvalue weighted by Crippen LogP contribution is -2.40. The summed E-state index contributed by atoms with van der Waals surface area (Å²) >= 11 is 0. The highest BCUT2D eigenvalue weighted by atomic mass is 16.5. The second kappa shape index (κ2) is 11.3. The number of nitrogens with one attached hydrogen (secondary N) is 1. The van der Waals surface area contributed by atoms with Crippen LogP contribution in [0.2, 0.25) is 0 Å². The number of para-hydroxylation sites is 1. The molecular weight excluding hydrogens is 578 g/mol. The van der Waals surface area contributed by atoms with Crippen LogP contribution in [0.25, 0.3) is 44.8 Å². The first-order valence-corrected chi connectivity index (χ1v) is 16.4. The van der Waals surface area contributed by atoms with Crippen molar-refractivity contribution in [2.75, 3.05) is 12.4 Å². The molecule has 3 aliphatic heterocycles. The molecule has 10 nitrogen and oxygen atoms in total. The summed E-state index contributed by atoms with van der Waals surface area (Å²) in [5.41, 5.74) is 12.8. The van der Waals surface area contributed by atoms with Gasteiger partial charge in [0, 0.05) is 54.7 Å². The number of rotatable bonds is 3. The van der Waals surface area contributed by atoms with E-state index in [9.17, 15) is 9.59 Å². The van der Waals surface area contributed by atoms with E-state index in [2.05, 4.69) is 26.6 Å². The maximum absolute atomic E-state index is 13.8. The van der Waals surface area contributed by atoms with Crippen molar-refractivity contribution in [3.8, 4) is 28.5 Å². The molecule has 3 aromatic heterocycles. The van der Waals surface area contributed by atoms with Gasteiger partial charge in [0.1, 0.15) is 16.9 Å². The van der Waals surface area contributed by atoms with E-state index in [0.29, 0.717) is 23.3 Å². The molecule has 46 heavy (non-hydrogen) atoms. The predicted molar refractivity (Wildman–Crippen MR) is 179 cm³/mol. The molecule has 8 rings (SSSR count). The van der Waals surface area contributed by atoms with Gasteiger partial charge in [0.15, 0.2) is 5.82 Å². The zero-order valence-electron chi connectivity index (χ0n) is 26.3. The molecule has 5 aromatic rings. The van der Waals surface area contributed by atoms with Gasteiger partial charge in [0.05, 0.1) is 29.7 Å². The highest BCUT2D eigenvalue weighted by Gasteiger charge is 2.47. The van der Waals surface area contributed by atoms with E-state index >= 15 is 0 Å². The van der Waals surface area contributed by atoms with Gasteiger partial charge in [0.2, 0.25) is 5.91 Å². The number of imidazole rings is 1. The van der Waals surface area contributed by atoms with Crippen molar-refractivity contribution in [1.29, 1.82) is 0 Å². The fraction of sp³-hybridized carbons (Fsp3) is 0.389. The summed E-state index contributed by atoms with van der Waals surface area (Å²) < 4.78 is 10.2. The molecule has 4 bridgehead atoms. The number of pyridine rings is 1. The number of aromatic nitrogens is 4. The van der Waals surface area contributed by atoms with E-state index in [1.807, 2.05) is 54.4 Å². The van der Waals surface area contributed by atoms with E-state index in [0.717, 1.165) is 96.5 Å². The second-order valence-corrected chi connectivity index (χ2v) is 13.0. The number of hydrogen-bond donors (Lipinski definition) is 2. The van der Waals surface area contributed by atoms with Crippen LogP contribution in [-0.4, -0.2) is 61.1 Å². The number of methoxy groups -OCH3 is 1. The van der Waals surface area contributed by atoms with Crippen LogP contribution in [0.15, 0.2) is 54.6 Å².